The normalized spacial score (nSPS) is 10.8. The summed E-state index contributed by atoms with van der Waals surface area (Å²) in [5.74, 6) is 1.17. The summed E-state index contributed by atoms with van der Waals surface area (Å²) >= 11 is 3.38. The van der Waals surface area contributed by atoms with Crippen LogP contribution in [0.15, 0.2) is 71.5 Å². The molecule has 7 nitrogen and oxygen atoms in total. The third kappa shape index (κ3) is 4.17. The molecule has 0 atom stereocenters. The van der Waals surface area contributed by atoms with Crippen molar-refractivity contribution in [1.29, 1.82) is 0 Å². The average molecular weight is 437 g/mol. The number of aromatic nitrogens is 4. The molecular weight excluding hydrogens is 420 g/mol. The van der Waals surface area contributed by atoms with E-state index < -0.39 is 0 Å². The summed E-state index contributed by atoms with van der Waals surface area (Å²) in [6.07, 6.45) is 1.78. The van der Waals surface area contributed by atoms with Crippen molar-refractivity contribution in [2.24, 2.45) is 0 Å². The van der Waals surface area contributed by atoms with Crippen molar-refractivity contribution in [3.05, 3.63) is 71.5 Å². The van der Waals surface area contributed by atoms with Crippen LogP contribution in [0.5, 0.6) is 0 Å². The second-order valence-corrected chi connectivity index (χ2v) is 7.01. The van der Waals surface area contributed by atoms with Crippen LogP contribution in [0.25, 0.3) is 17.0 Å². The molecule has 4 rings (SSSR count). The van der Waals surface area contributed by atoms with Crippen LogP contribution in [-0.4, -0.2) is 32.0 Å². The molecule has 140 valence electrons. The van der Waals surface area contributed by atoms with E-state index in [4.69, 9.17) is 0 Å². The molecule has 2 aromatic carbocycles. The monoisotopic (exact) mass is 436 g/mol. The second kappa shape index (κ2) is 8.18. The van der Waals surface area contributed by atoms with Crippen molar-refractivity contribution >= 4 is 39.1 Å². The maximum atomic E-state index is 12.2. The Labute approximate surface area is 170 Å². The number of halogens is 1. The van der Waals surface area contributed by atoms with E-state index in [0.717, 1.165) is 27.2 Å². The molecule has 0 unspecified atom stereocenters. The Bertz CT molecular complexity index is 1090. The molecule has 0 saturated heterocycles. The highest BCUT2D eigenvalue weighted by Crippen LogP contribution is 2.21. The number of hydrogen-bond donors (Lipinski definition) is 2. The number of carbonyl (C=O) groups is 1. The minimum Gasteiger partial charge on any atom is -0.369 e. The van der Waals surface area contributed by atoms with E-state index in [9.17, 15) is 4.79 Å². The number of nitrogens with zero attached hydrogens (tertiary/aromatic N) is 4. The molecule has 0 spiro atoms. The number of hydrogen-bond acceptors (Lipinski definition) is 5. The van der Waals surface area contributed by atoms with E-state index in [0.29, 0.717) is 18.7 Å². The van der Waals surface area contributed by atoms with Gasteiger partial charge >= 0.3 is 0 Å². The number of benzene rings is 2. The van der Waals surface area contributed by atoms with Gasteiger partial charge in [0.25, 0.3) is 5.78 Å². The zero-order valence-electron chi connectivity index (χ0n) is 14.8. The van der Waals surface area contributed by atoms with E-state index in [2.05, 4.69) is 41.6 Å². The minimum atomic E-state index is -0.0676. The SMILES string of the molecule is O=C(CCNc1cc(-c2ccccc2)nc2ncnn12)Nc1ccc(Br)cc1. The van der Waals surface area contributed by atoms with Gasteiger partial charge in [-0.1, -0.05) is 46.3 Å². The molecule has 0 radical (unpaired) electrons. The van der Waals surface area contributed by atoms with Crippen LogP contribution in [0.2, 0.25) is 0 Å². The van der Waals surface area contributed by atoms with E-state index in [-0.39, 0.29) is 5.91 Å². The number of nitrogens with one attached hydrogen (secondary N) is 2. The highest BCUT2D eigenvalue weighted by Gasteiger charge is 2.10. The standard InChI is InChI=1S/C20H17BrN6O/c21-15-6-8-16(9-7-15)25-19(28)10-11-22-18-12-17(14-4-2-1-3-5-14)26-20-23-13-24-27(18)20/h1-9,12-13,22H,10-11H2,(H,25,28). The van der Waals surface area contributed by atoms with Crippen LogP contribution in [0.4, 0.5) is 11.5 Å². The van der Waals surface area contributed by atoms with Crippen LogP contribution in [0.1, 0.15) is 6.42 Å². The predicted molar refractivity (Wildman–Crippen MR) is 112 cm³/mol. The summed E-state index contributed by atoms with van der Waals surface area (Å²) in [5.41, 5.74) is 2.55. The van der Waals surface area contributed by atoms with Gasteiger partial charge in [0.05, 0.1) is 5.69 Å². The summed E-state index contributed by atoms with van der Waals surface area (Å²) in [4.78, 5) is 20.9. The molecule has 0 fully saturated rings. The summed E-state index contributed by atoms with van der Waals surface area (Å²) < 4.78 is 2.59. The van der Waals surface area contributed by atoms with Crippen molar-refractivity contribution < 1.29 is 4.79 Å². The summed E-state index contributed by atoms with van der Waals surface area (Å²) in [5, 5.41) is 10.3. The van der Waals surface area contributed by atoms with Gasteiger partial charge < -0.3 is 10.6 Å². The Kier molecular flexibility index (Phi) is 5.29. The van der Waals surface area contributed by atoms with Crippen LogP contribution in [-0.2, 0) is 4.79 Å². The lowest BCUT2D eigenvalue weighted by Gasteiger charge is -2.10. The zero-order valence-corrected chi connectivity index (χ0v) is 16.4. The highest BCUT2D eigenvalue weighted by atomic mass is 79.9. The van der Waals surface area contributed by atoms with Crippen molar-refractivity contribution in [2.45, 2.75) is 6.42 Å². The van der Waals surface area contributed by atoms with Crippen LogP contribution in [0, 0.1) is 0 Å². The molecule has 28 heavy (non-hydrogen) atoms. The molecule has 2 N–H and O–H groups in total. The fourth-order valence-corrected chi connectivity index (χ4v) is 3.02. The number of anilines is 2. The maximum Gasteiger partial charge on any atom is 0.254 e. The number of fused-ring (bicyclic) bond motifs is 1. The summed E-state index contributed by atoms with van der Waals surface area (Å²) in [7, 11) is 0. The molecule has 4 aromatic rings. The highest BCUT2D eigenvalue weighted by molar-refractivity contribution is 9.10. The first-order valence-electron chi connectivity index (χ1n) is 8.74. The molecule has 0 aliphatic carbocycles. The summed E-state index contributed by atoms with van der Waals surface area (Å²) in [6.45, 7) is 0.454. The van der Waals surface area contributed by atoms with Gasteiger partial charge in [0.1, 0.15) is 12.1 Å². The lowest BCUT2D eigenvalue weighted by Crippen LogP contribution is -2.17. The van der Waals surface area contributed by atoms with E-state index in [1.165, 1.54) is 6.33 Å². The zero-order chi connectivity index (χ0) is 19.3. The Morgan fingerprint density at radius 2 is 1.86 bits per heavy atom. The molecule has 0 aliphatic heterocycles. The molecule has 2 heterocycles. The van der Waals surface area contributed by atoms with E-state index >= 15 is 0 Å². The van der Waals surface area contributed by atoms with E-state index in [1.807, 2.05) is 60.7 Å². The van der Waals surface area contributed by atoms with Gasteiger partial charge in [-0.2, -0.15) is 14.6 Å². The van der Waals surface area contributed by atoms with E-state index in [1.54, 1.807) is 4.52 Å². The van der Waals surface area contributed by atoms with Gasteiger partial charge in [-0.3, -0.25) is 4.79 Å². The third-order valence-electron chi connectivity index (χ3n) is 4.11. The Balaban J connectivity index is 1.45. The van der Waals surface area contributed by atoms with Gasteiger partial charge in [0.2, 0.25) is 5.91 Å². The smallest absolute Gasteiger partial charge is 0.254 e. The van der Waals surface area contributed by atoms with Crippen LogP contribution in [0.3, 0.4) is 0 Å². The lowest BCUT2D eigenvalue weighted by atomic mass is 10.1. The van der Waals surface area contributed by atoms with Crippen molar-refractivity contribution in [3.63, 3.8) is 0 Å². The molecular formula is C20H17BrN6O. The molecule has 8 heteroatoms. The first-order chi connectivity index (χ1) is 13.7. The van der Waals surface area contributed by atoms with Gasteiger partial charge in [-0.05, 0) is 24.3 Å². The second-order valence-electron chi connectivity index (χ2n) is 6.10. The van der Waals surface area contributed by atoms with Crippen LogP contribution < -0.4 is 10.6 Å². The lowest BCUT2D eigenvalue weighted by molar-refractivity contribution is -0.115. The first-order valence-corrected chi connectivity index (χ1v) is 9.54. The molecule has 0 saturated carbocycles. The van der Waals surface area contributed by atoms with Gasteiger partial charge in [0, 0.05) is 34.8 Å². The number of amides is 1. The van der Waals surface area contributed by atoms with Gasteiger partial charge in [-0.25, -0.2) is 4.98 Å². The predicted octanol–water partition coefficient (Wildman–Crippen LogP) is 3.99. The molecule has 0 bridgehead atoms. The fraction of sp³-hybridized carbons (Fsp3) is 0.100. The first kappa shape index (κ1) is 18.1. The minimum absolute atomic E-state index is 0.0676. The van der Waals surface area contributed by atoms with Crippen LogP contribution >= 0.6 is 15.9 Å². The maximum absolute atomic E-state index is 12.2. The van der Waals surface area contributed by atoms with Gasteiger partial charge in [0.15, 0.2) is 0 Å². The number of carbonyl (C=O) groups excluding carboxylic acids is 1. The Morgan fingerprint density at radius 3 is 2.64 bits per heavy atom. The van der Waals surface area contributed by atoms with Crippen molar-refractivity contribution in [1.82, 2.24) is 19.6 Å². The Morgan fingerprint density at radius 1 is 1.07 bits per heavy atom. The van der Waals surface area contributed by atoms with Crippen molar-refractivity contribution in [2.75, 3.05) is 17.2 Å². The molecule has 1 amide bonds. The fourth-order valence-electron chi connectivity index (χ4n) is 2.76. The molecule has 2 aromatic heterocycles. The quantitative estimate of drug-likeness (QED) is 0.477. The molecule has 0 aliphatic rings. The Hall–Kier alpha value is -3.26. The van der Waals surface area contributed by atoms with Crippen molar-refractivity contribution in [3.8, 4) is 11.3 Å². The number of rotatable bonds is 6. The van der Waals surface area contributed by atoms with Gasteiger partial charge in [-0.15, -0.1) is 0 Å². The third-order valence-corrected chi connectivity index (χ3v) is 4.64. The summed E-state index contributed by atoms with van der Waals surface area (Å²) in [6, 6.07) is 19.2. The topological polar surface area (TPSA) is 84.2 Å². The largest absolute Gasteiger partial charge is 0.369 e. The average Bonchev–Trinajstić information content (AvgIpc) is 3.19.